The summed E-state index contributed by atoms with van der Waals surface area (Å²) in [6, 6.07) is 5.97. The Hall–Kier alpha value is -3.15. The maximum Gasteiger partial charge on any atom is 0.245 e. The average Bonchev–Trinajstić information content (AvgIpc) is 3.61. The van der Waals surface area contributed by atoms with Gasteiger partial charge in [0.2, 0.25) is 33.7 Å². The molecule has 0 aliphatic carbocycles. The van der Waals surface area contributed by atoms with Gasteiger partial charge in [-0.25, -0.2) is 13.1 Å². The number of carbonyl (C=O) groups is 4. The van der Waals surface area contributed by atoms with Crippen molar-refractivity contribution in [2.45, 2.75) is 109 Å². The van der Waals surface area contributed by atoms with Crippen molar-refractivity contribution in [3.8, 4) is 0 Å². The zero-order valence-corrected chi connectivity index (χ0v) is 33.7. The van der Waals surface area contributed by atoms with Crippen molar-refractivity contribution in [1.82, 2.24) is 25.2 Å². The number of nitrogens with two attached hydrogens (primary N) is 1. The third kappa shape index (κ3) is 13.6. The molecule has 0 saturated carbocycles. The highest BCUT2D eigenvalue weighted by atomic mass is 32.2. The molecule has 302 valence electrons. The summed E-state index contributed by atoms with van der Waals surface area (Å²) >= 11 is 0. The molecule has 2 rings (SSSR count). The minimum atomic E-state index is -3.58. The molecule has 1 fully saturated rings. The minimum absolute atomic E-state index is 0.0406. The first-order chi connectivity index (χ1) is 24.9. The van der Waals surface area contributed by atoms with Crippen molar-refractivity contribution in [3.05, 3.63) is 35.9 Å². The van der Waals surface area contributed by atoms with E-state index in [1.54, 1.807) is 32.7 Å². The van der Waals surface area contributed by atoms with Crippen LogP contribution < -0.4 is 21.1 Å². The van der Waals surface area contributed by atoms with Gasteiger partial charge in [-0.05, 0) is 36.7 Å². The van der Waals surface area contributed by atoms with E-state index in [-0.39, 0.29) is 49.3 Å². The molecule has 15 nitrogen and oxygen atoms in total. The molecule has 9 atom stereocenters. The molecule has 0 spiro atoms. The number of rotatable bonds is 22. The molecule has 1 aliphatic rings. The summed E-state index contributed by atoms with van der Waals surface area (Å²) < 4.78 is 37.0. The predicted molar refractivity (Wildman–Crippen MR) is 203 cm³/mol. The minimum Gasteiger partial charge on any atom is -0.394 e. The smallest absolute Gasteiger partial charge is 0.245 e. The Bertz CT molecular complexity index is 1430. The first-order valence-electron chi connectivity index (χ1n) is 18.5. The van der Waals surface area contributed by atoms with Crippen LogP contribution in [0.5, 0.6) is 0 Å². The van der Waals surface area contributed by atoms with Gasteiger partial charge in [0.1, 0.15) is 6.04 Å². The summed E-state index contributed by atoms with van der Waals surface area (Å²) in [5, 5.41) is 15.6. The summed E-state index contributed by atoms with van der Waals surface area (Å²) in [6.45, 7) is 9.18. The number of nitrogens with zero attached hydrogens (tertiary/aromatic N) is 2. The molecule has 1 aliphatic heterocycles. The number of carbonyl (C=O) groups excluding carboxylic acids is 4. The van der Waals surface area contributed by atoms with Crippen LogP contribution in [0.1, 0.15) is 65.9 Å². The predicted octanol–water partition coefficient (Wildman–Crippen LogP) is 0.644. The van der Waals surface area contributed by atoms with E-state index in [9.17, 15) is 32.7 Å². The third-order valence-corrected chi connectivity index (χ3v) is 11.0. The Morgan fingerprint density at radius 1 is 1.04 bits per heavy atom. The molecular formula is C37H64N6O9S. The second kappa shape index (κ2) is 21.7. The van der Waals surface area contributed by atoms with Crippen LogP contribution in [0, 0.1) is 17.8 Å². The van der Waals surface area contributed by atoms with E-state index >= 15 is 0 Å². The zero-order chi connectivity index (χ0) is 40.0. The normalized spacial score (nSPS) is 19.4. The first-order valence-corrected chi connectivity index (χ1v) is 20.4. The number of aliphatic hydroxyl groups excluding tert-OH is 1. The highest BCUT2D eigenvalue weighted by Crippen LogP contribution is 2.29. The van der Waals surface area contributed by atoms with Crippen LogP contribution in [-0.2, 0) is 45.1 Å². The Kier molecular flexibility index (Phi) is 18.8. The van der Waals surface area contributed by atoms with E-state index in [0.29, 0.717) is 25.8 Å². The lowest BCUT2D eigenvalue weighted by molar-refractivity contribution is -0.147. The monoisotopic (exact) mass is 768 g/mol. The van der Waals surface area contributed by atoms with E-state index < -0.39 is 64.1 Å². The van der Waals surface area contributed by atoms with E-state index in [1.807, 2.05) is 44.2 Å². The molecule has 16 heteroatoms. The Balaban J connectivity index is 2.22. The van der Waals surface area contributed by atoms with Gasteiger partial charge in [0.15, 0.2) is 0 Å². The molecule has 0 radical (unpaired) electrons. The SMILES string of the molecule is CC[C@H](C)[C@@H]([C@@H](CC(=O)N1CCC[C@H]1[C@H](OC)[C@@H](C)C(=O)N[C@H](CO)Cc1ccccc1)OC)N(C)C(=O)[C@@H](NC(=O)[C@@H](N)CNS(C)(=O)=O)C(C)C. The molecule has 53 heavy (non-hydrogen) atoms. The lowest BCUT2D eigenvalue weighted by atomic mass is 9.89. The Morgan fingerprint density at radius 2 is 1.68 bits per heavy atom. The number of likely N-dealkylation sites (tertiary alicyclic amines) is 1. The number of sulfonamides is 1. The third-order valence-electron chi connectivity index (χ3n) is 10.3. The zero-order valence-electron chi connectivity index (χ0n) is 32.9. The molecule has 4 amide bonds. The summed E-state index contributed by atoms with van der Waals surface area (Å²) in [5.74, 6) is -2.63. The summed E-state index contributed by atoms with van der Waals surface area (Å²) in [6.07, 6.45) is 2.10. The van der Waals surface area contributed by atoms with Crippen molar-refractivity contribution in [3.63, 3.8) is 0 Å². The summed E-state index contributed by atoms with van der Waals surface area (Å²) in [5.41, 5.74) is 6.91. The summed E-state index contributed by atoms with van der Waals surface area (Å²) in [4.78, 5) is 57.8. The van der Waals surface area contributed by atoms with Crippen LogP contribution in [0.2, 0.25) is 0 Å². The van der Waals surface area contributed by atoms with Gasteiger partial charge in [0, 0.05) is 34.4 Å². The van der Waals surface area contributed by atoms with Crippen LogP contribution in [0.15, 0.2) is 30.3 Å². The Morgan fingerprint density at radius 3 is 2.21 bits per heavy atom. The number of likely N-dealkylation sites (N-methyl/N-ethyl adjacent to an activating group) is 1. The number of aliphatic hydroxyl groups is 1. The molecule has 1 aromatic rings. The topological polar surface area (TPSA) is 210 Å². The number of hydrogen-bond donors (Lipinski definition) is 5. The van der Waals surface area contributed by atoms with Gasteiger partial charge < -0.3 is 40.7 Å². The number of ether oxygens (including phenoxy) is 2. The van der Waals surface area contributed by atoms with Crippen LogP contribution in [0.4, 0.5) is 0 Å². The highest BCUT2D eigenvalue weighted by Gasteiger charge is 2.43. The van der Waals surface area contributed by atoms with Gasteiger partial charge in [-0.2, -0.15) is 0 Å². The standard InChI is InChI=1S/C37H64N6O9S/c1-10-24(4)33(42(6)37(48)32(23(2)3)41-36(47)28(38)21-39-53(9,49)50)30(51-7)20-31(45)43-18-14-17-29(43)34(52-8)25(5)35(46)40-27(22-44)19-26-15-12-11-13-16-26/h11-13,15-16,23-25,27-30,32-34,39,44H,10,14,17-22,38H2,1-9H3,(H,40,46)(H,41,47)/t24-,25+,27-,28-,29-,30+,32-,33-,34+/m0/s1. The van der Waals surface area contributed by atoms with E-state index in [4.69, 9.17) is 15.2 Å². The van der Waals surface area contributed by atoms with Gasteiger partial charge in [-0.15, -0.1) is 0 Å². The van der Waals surface area contributed by atoms with Gasteiger partial charge in [0.05, 0.1) is 61.6 Å². The number of benzene rings is 1. The van der Waals surface area contributed by atoms with E-state index in [2.05, 4.69) is 15.4 Å². The molecule has 0 aromatic heterocycles. The van der Waals surface area contributed by atoms with Crippen LogP contribution >= 0.6 is 0 Å². The van der Waals surface area contributed by atoms with Crippen LogP contribution in [0.3, 0.4) is 0 Å². The van der Waals surface area contributed by atoms with Crippen LogP contribution in [-0.4, -0.2) is 137 Å². The van der Waals surface area contributed by atoms with Crippen molar-refractivity contribution >= 4 is 33.7 Å². The van der Waals surface area contributed by atoms with Crippen molar-refractivity contribution in [2.75, 3.05) is 47.2 Å². The van der Waals surface area contributed by atoms with E-state index in [0.717, 1.165) is 18.2 Å². The van der Waals surface area contributed by atoms with Gasteiger partial charge in [-0.3, -0.25) is 19.2 Å². The molecule has 1 heterocycles. The molecule has 0 bridgehead atoms. The second-order valence-electron chi connectivity index (χ2n) is 14.6. The largest absolute Gasteiger partial charge is 0.394 e. The molecule has 1 saturated heterocycles. The fraction of sp³-hybridized carbons (Fsp3) is 0.730. The summed E-state index contributed by atoms with van der Waals surface area (Å²) in [7, 11) is 1.08. The fourth-order valence-electron chi connectivity index (χ4n) is 7.03. The number of hydrogen-bond acceptors (Lipinski definition) is 10. The average molecular weight is 769 g/mol. The Labute approximate surface area is 316 Å². The highest BCUT2D eigenvalue weighted by molar-refractivity contribution is 7.88. The van der Waals surface area contributed by atoms with Crippen molar-refractivity contribution in [1.29, 1.82) is 0 Å². The first kappa shape index (κ1) is 46.0. The molecular weight excluding hydrogens is 705 g/mol. The maximum atomic E-state index is 14.1. The fourth-order valence-corrected chi connectivity index (χ4v) is 7.51. The quantitative estimate of drug-likeness (QED) is 0.111. The van der Waals surface area contributed by atoms with Gasteiger partial charge in [-0.1, -0.05) is 71.4 Å². The van der Waals surface area contributed by atoms with Gasteiger partial charge in [0.25, 0.3) is 0 Å². The van der Waals surface area contributed by atoms with Crippen molar-refractivity contribution < 1.29 is 42.2 Å². The van der Waals surface area contributed by atoms with Gasteiger partial charge >= 0.3 is 0 Å². The number of amides is 4. The maximum absolute atomic E-state index is 14.1. The van der Waals surface area contributed by atoms with E-state index in [1.165, 1.54) is 19.1 Å². The van der Waals surface area contributed by atoms with Crippen LogP contribution in [0.25, 0.3) is 0 Å². The lowest BCUT2D eigenvalue weighted by Gasteiger charge is -2.41. The van der Waals surface area contributed by atoms with Crippen molar-refractivity contribution in [2.24, 2.45) is 23.5 Å². The number of methoxy groups -OCH3 is 2. The lowest BCUT2D eigenvalue weighted by Crippen LogP contribution is -2.60. The number of nitrogens with one attached hydrogen (secondary N) is 3. The second-order valence-corrected chi connectivity index (χ2v) is 16.5. The molecule has 1 aromatic carbocycles. The molecule has 0 unspecified atom stereocenters. The molecule has 6 N–H and O–H groups in total.